The highest BCUT2D eigenvalue weighted by molar-refractivity contribution is 5.69. The fourth-order valence-corrected chi connectivity index (χ4v) is 4.66. The maximum Gasteiger partial charge on any atom is 0.305 e. The predicted octanol–water partition coefficient (Wildman–Crippen LogP) is 5.83. The zero-order valence-corrected chi connectivity index (χ0v) is 21.9. The summed E-state index contributed by atoms with van der Waals surface area (Å²) < 4.78 is 10.2. The lowest BCUT2D eigenvalue weighted by molar-refractivity contribution is -0.151. The van der Waals surface area contributed by atoms with E-state index in [0.717, 1.165) is 19.3 Å². The standard InChI is InChI=1S/C28H54O6/c1-2-3-4-5-6-7-8-9-10-11-12-13-14-15-16-17-18-19-20-21-26(31)33-23-25(30)28-27(32)24(29)22-34-28/h24-25,27-30,32H,2-23H2,1H3/t24-,25?,27+,28-/m1/s1. The van der Waals surface area contributed by atoms with Gasteiger partial charge < -0.3 is 24.8 Å². The van der Waals surface area contributed by atoms with E-state index in [2.05, 4.69) is 6.92 Å². The molecule has 1 rings (SSSR count). The number of aliphatic hydroxyl groups is 3. The maximum atomic E-state index is 11.8. The first-order valence-corrected chi connectivity index (χ1v) is 14.4. The summed E-state index contributed by atoms with van der Waals surface area (Å²) in [6.45, 7) is 2.04. The largest absolute Gasteiger partial charge is 0.463 e. The van der Waals surface area contributed by atoms with Crippen LogP contribution in [0.15, 0.2) is 0 Å². The summed E-state index contributed by atoms with van der Waals surface area (Å²) in [4.78, 5) is 11.8. The van der Waals surface area contributed by atoms with Crippen LogP contribution in [-0.4, -0.2) is 58.9 Å². The predicted molar refractivity (Wildman–Crippen MR) is 137 cm³/mol. The maximum absolute atomic E-state index is 11.8. The van der Waals surface area contributed by atoms with Gasteiger partial charge in [-0.3, -0.25) is 4.79 Å². The lowest BCUT2D eigenvalue weighted by atomic mass is 10.0. The van der Waals surface area contributed by atoms with Crippen molar-refractivity contribution in [1.82, 2.24) is 0 Å². The molecule has 0 radical (unpaired) electrons. The van der Waals surface area contributed by atoms with Crippen LogP contribution in [0.5, 0.6) is 0 Å². The van der Waals surface area contributed by atoms with Crippen LogP contribution < -0.4 is 0 Å². The molecule has 0 aromatic rings. The fraction of sp³-hybridized carbons (Fsp3) is 0.964. The normalized spacial score (nSPS) is 21.1. The number of ether oxygens (including phenoxy) is 2. The van der Waals surface area contributed by atoms with Crippen LogP contribution in [0.1, 0.15) is 135 Å². The lowest BCUT2D eigenvalue weighted by Crippen LogP contribution is -2.41. The molecule has 0 aromatic carbocycles. The molecule has 1 fully saturated rings. The van der Waals surface area contributed by atoms with Crippen molar-refractivity contribution < 1.29 is 29.6 Å². The van der Waals surface area contributed by atoms with Crippen molar-refractivity contribution >= 4 is 5.97 Å². The van der Waals surface area contributed by atoms with Crippen LogP contribution in [0.25, 0.3) is 0 Å². The van der Waals surface area contributed by atoms with E-state index in [4.69, 9.17) is 9.47 Å². The van der Waals surface area contributed by atoms with Gasteiger partial charge in [0.2, 0.25) is 0 Å². The second-order valence-electron chi connectivity index (χ2n) is 10.2. The van der Waals surface area contributed by atoms with Gasteiger partial charge in [-0.15, -0.1) is 0 Å². The number of rotatable bonds is 23. The number of unbranched alkanes of at least 4 members (excludes halogenated alkanes) is 18. The van der Waals surface area contributed by atoms with E-state index < -0.39 is 24.4 Å². The van der Waals surface area contributed by atoms with E-state index in [-0.39, 0.29) is 19.2 Å². The van der Waals surface area contributed by atoms with Crippen molar-refractivity contribution in [1.29, 1.82) is 0 Å². The molecule has 1 aliphatic rings. The van der Waals surface area contributed by atoms with Crippen LogP contribution >= 0.6 is 0 Å². The third-order valence-corrected chi connectivity index (χ3v) is 6.97. The van der Waals surface area contributed by atoms with Crippen LogP contribution in [0.3, 0.4) is 0 Å². The molecule has 1 saturated heterocycles. The van der Waals surface area contributed by atoms with Crippen molar-refractivity contribution in [2.45, 2.75) is 160 Å². The summed E-state index contributed by atoms with van der Waals surface area (Å²) in [6.07, 6.45) is 21.2. The molecular formula is C28H54O6. The Bertz CT molecular complexity index is 472. The Morgan fingerprint density at radius 3 is 1.56 bits per heavy atom. The minimum absolute atomic E-state index is 0.0177. The number of esters is 1. The van der Waals surface area contributed by atoms with Gasteiger partial charge in [-0.05, 0) is 6.42 Å². The van der Waals surface area contributed by atoms with E-state index in [1.54, 1.807) is 0 Å². The first-order valence-electron chi connectivity index (χ1n) is 14.4. The van der Waals surface area contributed by atoms with Crippen LogP contribution in [0.2, 0.25) is 0 Å². The smallest absolute Gasteiger partial charge is 0.305 e. The van der Waals surface area contributed by atoms with Gasteiger partial charge in [-0.25, -0.2) is 0 Å². The molecule has 0 amide bonds. The van der Waals surface area contributed by atoms with Gasteiger partial charge in [0.1, 0.15) is 31.0 Å². The second-order valence-corrected chi connectivity index (χ2v) is 10.2. The Balaban J connectivity index is 1.77. The highest BCUT2D eigenvalue weighted by Gasteiger charge is 2.39. The van der Waals surface area contributed by atoms with E-state index in [1.165, 1.54) is 103 Å². The molecule has 34 heavy (non-hydrogen) atoms. The van der Waals surface area contributed by atoms with Gasteiger partial charge in [0.05, 0.1) is 6.61 Å². The van der Waals surface area contributed by atoms with Gasteiger partial charge >= 0.3 is 5.97 Å². The summed E-state index contributed by atoms with van der Waals surface area (Å²) in [6, 6.07) is 0. The van der Waals surface area contributed by atoms with Crippen LogP contribution in [0.4, 0.5) is 0 Å². The third kappa shape index (κ3) is 16.1. The Morgan fingerprint density at radius 1 is 0.765 bits per heavy atom. The monoisotopic (exact) mass is 486 g/mol. The fourth-order valence-electron chi connectivity index (χ4n) is 4.66. The lowest BCUT2D eigenvalue weighted by Gasteiger charge is -2.20. The minimum atomic E-state index is -1.14. The molecule has 1 unspecified atom stereocenters. The molecule has 0 aliphatic carbocycles. The number of carbonyl (C=O) groups excluding carboxylic acids is 1. The zero-order chi connectivity index (χ0) is 24.9. The highest BCUT2D eigenvalue weighted by atomic mass is 16.6. The molecular weight excluding hydrogens is 432 g/mol. The molecule has 0 spiro atoms. The minimum Gasteiger partial charge on any atom is -0.463 e. The van der Waals surface area contributed by atoms with Crippen molar-refractivity contribution in [3.05, 3.63) is 0 Å². The molecule has 1 heterocycles. The average Bonchev–Trinajstić information content (AvgIpc) is 3.17. The Morgan fingerprint density at radius 2 is 1.18 bits per heavy atom. The van der Waals surface area contributed by atoms with E-state index in [0.29, 0.717) is 6.42 Å². The Kier molecular flexibility index (Phi) is 19.9. The SMILES string of the molecule is CCCCCCCCCCCCCCCCCCCCCC(=O)OCC(O)[C@H]1OC[C@@H](O)[C@@H]1O. The topological polar surface area (TPSA) is 96.2 Å². The molecule has 6 nitrogen and oxygen atoms in total. The molecule has 3 N–H and O–H groups in total. The summed E-state index contributed by atoms with van der Waals surface area (Å²) in [5.74, 6) is -0.334. The quantitative estimate of drug-likeness (QED) is 0.124. The summed E-state index contributed by atoms with van der Waals surface area (Å²) in [5, 5.41) is 29.1. The van der Waals surface area contributed by atoms with Gasteiger partial charge in [-0.2, -0.15) is 0 Å². The van der Waals surface area contributed by atoms with Gasteiger partial charge in [0.25, 0.3) is 0 Å². The number of carbonyl (C=O) groups is 1. The zero-order valence-electron chi connectivity index (χ0n) is 21.9. The molecule has 1 aliphatic heterocycles. The molecule has 0 saturated carbocycles. The van der Waals surface area contributed by atoms with Crippen molar-refractivity contribution in [3.63, 3.8) is 0 Å². The first kappa shape index (κ1) is 31.3. The second kappa shape index (κ2) is 21.6. The summed E-state index contributed by atoms with van der Waals surface area (Å²) in [5.41, 5.74) is 0. The van der Waals surface area contributed by atoms with Gasteiger partial charge in [0, 0.05) is 6.42 Å². The first-order chi connectivity index (χ1) is 16.6. The summed E-state index contributed by atoms with van der Waals surface area (Å²) >= 11 is 0. The molecule has 0 bridgehead atoms. The molecule has 4 atom stereocenters. The van der Waals surface area contributed by atoms with Crippen molar-refractivity contribution in [2.24, 2.45) is 0 Å². The summed E-state index contributed by atoms with van der Waals surface area (Å²) in [7, 11) is 0. The van der Waals surface area contributed by atoms with E-state index >= 15 is 0 Å². The number of hydrogen-bond donors (Lipinski definition) is 3. The van der Waals surface area contributed by atoms with Gasteiger partial charge in [-0.1, -0.05) is 122 Å². The Hall–Kier alpha value is -0.690. The van der Waals surface area contributed by atoms with E-state index in [1.807, 2.05) is 0 Å². The number of aliphatic hydroxyl groups excluding tert-OH is 3. The number of hydrogen-bond acceptors (Lipinski definition) is 6. The Labute approximate surface area is 208 Å². The van der Waals surface area contributed by atoms with Crippen molar-refractivity contribution in [2.75, 3.05) is 13.2 Å². The van der Waals surface area contributed by atoms with Gasteiger partial charge in [0.15, 0.2) is 0 Å². The molecule has 202 valence electrons. The average molecular weight is 487 g/mol. The van der Waals surface area contributed by atoms with Crippen LogP contribution in [0, 0.1) is 0 Å². The van der Waals surface area contributed by atoms with Crippen molar-refractivity contribution in [3.8, 4) is 0 Å². The highest BCUT2D eigenvalue weighted by Crippen LogP contribution is 2.18. The third-order valence-electron chi connectivity index (χ3n) is 6.97. The molecule has 6 heteroatoms. The molecule has 0 aromatic heterocycles. The van der Waals surface area contributed by atoms with Crippen LogP contribution in [-0.2, 0) is 14.3 Å². The van der Waals surface area contributed by atoms with E-state index in [9.17, 15) is 20.1 Å².